The van der Waals surface area contributed by atoms with E-state index >= 15 is 0 Å². The number of benzene rings is 3. The van der Waals surface area contributed by atoms with Gasteiger partial charge in [0.25, 0.3) is 11.8 Å². The third-order valence-corrected chi connectivity index (χ3v) is 4.66. The zero-order valence-corrected chi connectivity index (χ0v) is 16.9. The molecule has 0 fully saturated rings. The zero-order valence-electron chi connectivity index (χ0n) is 16.9. The monoisotopic (exact) mass is 419 g/mol. The van der Waals surface area contributed by atoms with Crippen molar-refractivity contribution in [3.8, 4) is 17.2 Å². The van der Waals surface area contributed by atoms with Gasteiger partial charge in [-0.3, -0.25) is 9.59 Å². The molecule has 3 aromatic carbocycles. The van der Waals surface area contributed by atoms with Crippen molar-refractivity contribution >= 4 is 28.8 Å². The zero-order chi connectivity index (χ0) is 21.6. The van der Waals surface area contributed by atoms with Crippen LogP contribution in [0.4, 0.5) is 0 Å². The largest absolute Gasteiger partial charge is 0.493 e. The maximum absolute atomic E-state index is 12.3. The molecule has 1 aliphatic heterocycles. The van der Waals surface area contributed by atoms with Crippen molar-refractivity contribution in [3.63, 3.8) is 0 Å². The Balaban J connectivity index is 1.37. The molecule has 2 N–H and O–H groups in total. The summed E-state index contributed by atoms with van der Waals surface area (Å²) < 4.78 is 16.2. The molecule has 1 heterocycles. The Hall–Kier alpha value is -4.07. The van der Waals surface area contributed by atoms with Crippen LogP contribution in [0, 0.1) is 0 Å². The summed E-state index contributed by atoms with van der Waals surface area (Å²) in [6, 6.07) is 16.5. The van der Waals surface area contributed by atoms with Crippen LogP contribution in [0.3, 0.4) is 0 Å². The number of ether oxygens (including phenoxy) is 3. The van der Waals surface area contributed by atoms with Crippen LogP contribution < -0.4 is 25.0 Å². The fourth-order valence-electron chi connectivity index (χ4n) is 3.20. The van der Waals surface area contributed by atoms with E-state index < -0.39 is 11.8 Å². The first-order valence-electron chi connectivity index (χ1n) is 9.80. The van der Waals surface area contributed by atoms with Gasteiger partial charge in [-0.1, -0.05) is 30.3 Å². The van der Waals surface area contributed by atoms with Crippen LogP contribution >= 0.6 is 0 Å². The molecule has 2 amide bonds. The second-order valence-corrected chi connectivity index (χ2v) is 6.68. The highest BCUT2D eigenvalue weighted by molar-refractivity contribution is 6.03. The first-order valence-corrected chi connectivity index (χ1v) is 9.80. The van der Waals surface area contributed by atoms with Gasteiger partial charge >= 0.3 is 0 Å². The van der Waals surface area contributed by atoms with Crippen molar-refractivity contribution in [1.82, 2.24) is 10.7 Å². The summed E-state index contributed by atoms with van der Waals surface area (Å²) >= 11 is 0. The highest BCUT2D eigenvalue weighted by Crippen LogP contribution is 2.32. The van der Waals surface area contributed by atoms with E-state index in [1.807, 2.05) is 43.3 Å². The minimum absolute atomic E-state index is 0.128. The molecule has 0 spiro atoms. The Kier molecular flexibility index (Phi) is 5.98. The highest BCUT2D eigenvalue weighted by atomic mass is 16.7. The number of amides is 2. The minimum atomic E-state index is -0.455. The van der Waals surface area contributed by atoms with Gasteiger partial charge in [0.05, 0.1) is 19.4 Å². The molecule has 0 unspecified atom stereocenters. The minimum Gasteiger partial charge on any atom is -0.493 e. The molecule has 0 atom stereocenters. The number of carbonyl (C=O) groups is 2. The van der Waals surface area contributed by atoms with Gasteiger partial charge in [-0.25, -0.2) is 5.43 Å². The van der Waals surface area contributed by atoms with E-state index in [2.05, 4.69) is 15.8 Å². The predicted octanol–water partition coefficient (Wildman–Crippen LogP) is 2.85. The predicted molar refractivity (Wildman–Crippen MR) is 116 cm³/mol. The SMILES string of the molecule is CCOc1ccc2ccccc2c1/C=N\NC(=O)CNC(=O)c1ccc2c(c1)OCO2. The van der Waals surface area contributed by atoms with Crippen molar-refractivity contribution in [2.75, 3.05) is 19.9 Å². The summed E-state index contributed by atoms with van der Waals surface area (Å²) in [6.45, 7) is 2.32. The Morgan fingerprint density at radius 1 is 1.10 bits per heavy atom. The fourth-order valence-corrected chi connectivity index (χ4v) is 3.20. The number of hydrogen-bond donors (Lipinski definition) is 2. The lowest BCUT2D eigenvalue weighted by molar-refractivity contribution is -0.120. The van der Waals surface area contributed by atoms with Crippen LogP contribution in [0.15, 0.2) is 59.7 Å². The summed E-state index contributed by atoms with van der Waals surface area (Å²) in [6.07, 6.45) is 1.55. The Morgan fingerprint density at radius 2 is 1.94 bits per heavy atom. The Morgan fingerprint density at radius 3 is 2.81 bits per heavy atom. The van der Waals surface area contributed by atoms with Crippen LogP contribution in [0.2, 0.25) is 0 Å². The third-order valence-electron chi connectivity index (χ3n) is 4.66. The van der Waals surface area contributed by atoms with Gasteiger partial charge in [0.2, 0.25) is 6.79 Å². The van der Waals surface area contributed by atoms with Gasteiger partial charge in [-0.2, -0.15) is 5.10 Å². The number of rotatable bonds is 7. The number of nitrogens with one attached hydrogen (secondary N) is 2. The first kappa shape index (κ1) is 20.2. The molecule has 0 aliphatic carbocycles. The van der Waals surface area contributed by atoms with Gasteiger partial charge in [0, 0.05) is 11.1 Å². The molecule has 0 saturated carbocycles. The molecule has 0 radical (unpaired) electrons. The average Bonchev–Trinajstić information content (AvgIpc) is 3.26. The van der Waals surface area contributed by atoms with E-state index in [4.69, 9.17) is 14.2 Å². The highest BCUT2D eigenvalue weighted by Gasteiger charge is 2.16. The molecular formula is C23H21N3O5. The smallest absolute Gasteiger partial charge is 0.259 e. The maximum Gasteiger partial charge on any atom is 0.259 e. The summed E-state index contributed by atoms with van der Waals surface area (Å²) in [4.78, 5) is 24.4. The summed E-state index contributed by atoms with van der Waals surface area (Å²) in [5, 5.41) is 8.59. The van der Waals surface area contributed by atoms with Crippen molar-refractivity contribution in [2.45, 2.75) is 6.92 Å². The third kappa shape index (κ3) is 4.58. The molecule has 0 aromatic heterocycles. The van der Waals surface area contributed by atoms with Gasteiger partial charge in [-0.15, -0.1) is 0 Å². The molecule has 0 bridgehead atoms. The Labute approximate surface area is 178 Å². The van der Waals surface area contributed by atoms with Crippen LogP contribution in [0.5, 0.6) is 17.2 Å². The second-order valence-electron chi connectivity index (χ2n) is 6.68. The molecule has 31 heavy (non-hydrogen) atoms. The van der Waals surface area contributed by atoms with Gasteiger partial charge in [0.1, 0.15) is 5.75 Å². The van der Waals surface area contributed by atoms with E-state index in [-0.39, 0.29) is 13.3 Å². The standard InChI is InChI=1S/C23H21N3O5/c1-2-29-19-9-7-15-5-3-4-6-17(15)18(19)12-25-26-22(27)13-24-23(28)16-8-10-20-21(11-16)31-14-30-20/h3-12H,2,13-14H2,1H3,(H,24,28)(H,26,27)/b25-12-. The number of carbonyl (C=O) groups excluding carboxylic acids is 2. The van der Waals surface area contributed by atoms with Crippen LogP contribution in [-0.4, -0.2) is 38.0 Å². The number of hydrazone groups is 1. The second kappa shape index (κ2) is 9.17. The summed E-state index contributed by atoms with van der Waals surface area (Å²) in [5.41, 5.74) is 3.57. The van der Waals surface area contributed by atoms with E-state index in [0.717, 1.165) is 16.3 Å². The molecular weight excluding hydrogens is 398 g/mol. The van der Waals surface area contributed by atoms with Crippen LogP contribution in [0.25, 0.3) is 10.8 Å². The molecule has 3 aromatic rings. The van der Waals surface area contributed by atoms with E-state index in [0.29, 0.717) is 29.4 Å². The average molecular weight is 419 g/mol. The quantitative estimate of drug-likeness (QED) is 0.453. The lowest BCUT2D eigenvalue weighted by atomic mass is 10.0. The van der Waals surface area contributed by atoms with Gasteiger partial charge in [-0.05, 0) is 42.0 Å². The molecule has 1 aliphatic rings. The first-order chi connectivity index (χ1) is 15.2. The molecule has 0 saturated heterocycles. The number of nitrogens with zero attached hydrogens (tertiary/aromatic N) is 1. The number of fused-ring (bicyclic) bond motifs is 2. The lowest BCUT2D eigenvalue weighted by Gasteiger charge is -2.10. The lowest BCUT2D eigenvalue weighted by Crippen LogP contribution is -2.34. The van der Waals surface area contributed by atoms with Crippen LogP contribution in [0.1, 0.15) is 22.8 Å². The van der Waals surface area contributed by atoms with Crippen LogP contribution in [-0.2, 0) is 4.79 Å². The Bertz CT molecular complexity index is 1160. The number of hydrogen-bond acceptors (Lipinski definition) is 6. The molecule has 4 rings (SSSR count). The molecule has 8 nitrogen and oxygen atoms in total. The normalized spacial score (nSPS) is 12.2. The fraction of sp³-hybridized carbons (Fsp3) is 0.174. The van der Waals surface area contributed by atoms with Crippen molar-refractivity contribution in [2.24, 2.45) is 5.10 Å². The van der Waals surface area contributed by atoms with Gasteiger partial charge < -0.3 is 19.5 Å². The summed E-state index contributed by atoms with van der Waals surface area (Å²) in [5.74, 6) is 0.911. The molecule has 158 valence electrons. The van der Waals surface area contributed by atoms with E-state index in [1.54, 1.807) is 24.4 Å². The molecule has 8 heteroatoms. The van der Waals surface area contributed by atoms with E-state index in [9.17, 15) is 9.59 Å². The maximum atomic E-state index is 12.3. The van der Waals surface area contributed by atoms with Crippen molar-refractivity contribution in [1.29, 1.82) is 0 Å². The summed E-state index contributed by atoms with van der Waals surface area (Å²) in [7, 11) is 0. The van der Waals surface area contributed by atoms with Crippen molar-refractivity contribution < 1.29 is 23.8 Å². The van der Waals surface area contributed by atoms with Gasteiger partial charge in [0.15, 0.2) is 11.5 Å². The van der Waals surface area contributed by atoms with E-state index in [1.165, 1.54) is 0 Å². The van der Waals surface area contributed by atoms with Crippen molar-refractivity contribution in [3.05, 3.63) is 65.7 Å². The topological polar surface area (TPSA) is 98.2 Å².